The Balaban J connectivity index is 2.08. The van der Waals surface area contributed by atoms with Gasteiger partial charge in [0.1, 0.15) is 10.8 Å². The van der Waals surface area contributed by atoms with Crippen molar-refractivity contribution in [1.82, 2.24) is 10.3 Å². The van der Waals surface area contributed by atoms with Gasteiger partial charge in [-0.25, -0.2) is 9.37 Å². The standard InChI is InChI=1S/C13H10F4N2S/c14-11-7(2-1-3-8(11)13(15,16)17)12-19-9-4-5-18-6-10(9)20-12/h1-3,18H,4-6H2. The second-order valence-electron chi connectivity index (χ2n) is 4.48. The second-order valence-corrected chi connectivity index (χ2v) is 5.56. The third-order valence-corrected chi connectivity index (χ3v) is 4.27. The molecule has 0 aliphatic carbocycles. The summed E-state index contributed by atoms with van der Waals surface area (Å²) in [5, 5.41) is 3.46. The molecule has 2 heterocycles. The van der Waals surface area contributed by atoms with Crippen molar-refractivity contribution < 1.29 is 17.6 Å². The molecule has 0 amide bonds. The summed E-state index contributed by atoms with van der Waals surface area (Å²) in [6.07, 6.45) is -3.98. The zero-order chi connectivity index (χ0) is 14.3. The fourth-order valence-corrected chi connectivity index (χ4v) is 3.25. The van der Waals surface area contributed by atoms with Crippen molar-refractivity contribution in [3.63, 3.8) is 0 Å². The van der Waals surface area contributed by atoms with E-state index in [2.05, 4.69) is 10.3 Å². The lowest BCUT2D eigenvalue weighted by atomic mass is 10.1. The number of benzene rings is 1. The van der Waals surface area contributed by atoms with E-state index in [1.54, 1.807) is 0 Å². The number of fused-ring (bicyclic) bond motifs is 1. The molecule has 1 aliphatic rings. The number of rotatable bonds is 1. The zero-order valence-electron chi connectivity index (χ0n) is 10.2. The van der Waals surface area contributed by atoms with Crippen LogP contribution in [0.25, 0.3) is 10.6 Å². The third-order valence-electron chi connectivity index (χ3n) is 3.14. The van der Waals surface area contributed by atoms with Crippen LogP contribution in [0.3, 0.4) is 0 Å². The monoisotopic (exact) mass is 302 g/mol. The lowest BCUT2D eigenvalue weighted by molar-refractivity contribution is -0.139. The van der Waals surface area contributed by atoms with Crippen molar-refractivity contribution >= 4 is 11.3 Å². The first kappa shape index (κ1) is 13.5. The van der Waals surface area contributed by atoms with Crippen molar-refractivity contribution in [3.8, 4) is 10.6 Å². The van der Waals surface area contributed by atoms with E-state index < -0.39 is 17.6 Å². The number of alkyl halides is 3. The van der Waals surface area contributed by atoms with Crippen LogP contribution in [0.1, 0.15) is 16.1 Å². The zero-order valence-corrected chi connectivity index (χ0v) is 11.0. The molecule has 0 atom stereocenters. The van der Waals surface area contributed by atoms with Gasteiger partial charge in [0.15, 0.2) is 0 Å². The van der Waals surface area contributed by atoms with Crippen LogP contribution in [0.5, 0.6) is 0 Å². The van der Waals surface area contributed by atoms with Gasteiger partial charge < -0.3 is 5.32 Å². The molecule has 0 bridgehead atoms. The largest absolute Gasteiger partial charge is 0.419 e. The predicted molar refractivity (Wildman–Crippen MR) is 67.9 cm³/mol. The van der Waals surface area contributed by atoms with E-state index in [9.17, 15) is 17.6 Å². The minimum Gasteiger partial charge on any atom is -0.311 e. The van der Waals surface area contributed by atoms with Crippen LogP contribution in [0.4, 0.5) is 17.6 Å². The highest BCUT2D eigenvalue weighted by atomic mass is 32.1. The SMILES string of the molecule is Fc1c(-c2nc3c(s2)CNCC3)cccc1C(F)(F)F. The Morgan fingerprint density at radius 1 is 1.25 bits per heavy atom. The van der Waals surface area contributed by atoms with Crippen molar-refractivity contribution in [2.24, 2.45) is 0 Å². The maximum absolute atomic E-state index is 14.0. The van der Waals surface area contributed by atoms with Crippen molar-refractivity contribution in [2.45, 2.75) is 19.1 Å². The summed E-state index contributed by atoms with van der Waals surface area (Å²) in [6.45, 7) is 1.41. The van der Waals surface area contributed by atoms with Gasteiger partial charge in [0, 0.05) is 30.0 Å². The first-order chi connectivity index (χ1) is 9.47. The van der Waals surface area contributed by atoms with Gasteiger partial charge >= 0.3 is 6.18 Å². The van der Waals surface area contributed by atoms with Gasteiger partial charge in [0.05, 0.1) is 11.3 Å². The average Bonchev–Trinajstić information content (AvgIpc) is 2.81. The maximum Gasteiger partial charge on any atom is 0.419 e. The molecule has 1 aromatic heterocycles. The number of thiazole rings is 1. The minimum atomic E-state index is -4.70. The Hall–Kier alpha value is -1.47. The molecule has 2 aromatic rings. The molecule has 1 N–H and O–H groups in total. The fourth-order valence-electron chi connectivity index (χ4n) is 2.16. The van der Waals surface area contributed by atoms with Gasteiger partial charge in [-0.2, -0.15) is 13.2 Å². The van der Waals surface area contributed by atoms with E-state index in [1.165, 1.54) is 23.5 Å². The van der Waals surface area contributed by atoms with Gasteiger partial charge in [0.25, 0.3) is 0 Å². The van der Waals surface area contributed by atoms with Gasteiger partial charge in [-0.15, -0.1) is 11.3 Å². The molecule has 0 radical (unpaired) electrons. The Morgan fingerprint density at radius 2 is 2.05 bits per heavy atom. The number of nitrogens with zero attached hydrogens (tertiary/aromatic N) is 1. The van der Waals surface area contributed by atoms with Crippen LogP contribution in [0.15, 0.2) is 18.2 Å². The lowest BCUT2D eigenvalue weighted by Gasteiger charge is -2.09. The molecule has 106 valence electrons. The molecular weight excluding hydrogens is 292 g/mol. The summed E-state index contributed by atoms with van der Waals surface area (Å²) in [6, 6.07) is 3.29. The summed E-state index contributed by atoms with van der Waals surface area (Å²) in [5.41, 5.74) is -0.485. The summed E-state index contributed by atoms with van der Waals surface area (Å²) in [5.74, 6) is -1.25. The molecule has 1 aliphatic heterocycles. The van der Waals surface area contributed by atoms with Gasteiger partial charge in [0.2, 0.25) is 0 Å². The molecule has 3 rings (SSSR count). The quantitative estimate of drug-likeness (QED) is 0.814. The number of aromatic nitrogens is 1. The molecule has 0 saturated heterocycles. The van der Waals surface area contributed by atoms with Crippen molar-refractivity contribution in [2.75, 3.05) is 6.54 Å². The first-order valence-corrected chi connectivity index (χ1v) is 6.84. The first-order valence-electron chi connectivity index (χ1n) is 6.02. The molecule has 0 fully saturated rings. The molecule has 0 unspecified atom stereocenters. The number of hydrogen-bond acceptors (Lipinski definition) is 3. The van der Waals surface area contributed by atoms with E-state index in [4.69, 9.17) is 0 Å². The van der Waals surface area contributed by atoms with Crippen LogP contribution in [-0.4, -0.2) is 11.5 Å². The van der Waals surface area contributed by atoms with Gasteiger partial charge in [-0.3, -0.25) is 0 Å². The molecule has 20 heavy (non-hydrogen) atoms. The van der Waals surface area contributed by atoms with E-state index in [1.807, 2.05) is 0 Å². The lowest BCUT2D eigenvalue weighted by Crippen LogP contribution is -2.22. The Kier molecular flexibility index (Phi) is 3.25. The summed E-state index contributed by atoms with van der Waals surface area (Å²) in [7, 11) is 0. The molecule has 2 nitrogen and oxygen atoms in total. The third kappa shape index (κ3) is 2.31. The summed E-state index contributed by atoms with van der Waals surface area (Å²) < 4.78 is 52.2. The number of hydrogen-bond donors (Lipinski definition) is 1. The molecule has 1 aromatic carbocycles. The van der Waals surface area contributed by atoms with Crippen LogP contribution in [0, 0.1) is 5.82 Å². The molecular formula is C13H10F4N2S. The fraction of sp³-hybridized carbons (Fsp3) is 0.308. The minimum absolute atomic E-state index is 0.0841. The highest BCUT2D eigenvalue weighted by molar-refractivity contribution is 7.15. The van der Waals surface area contributed by atoms with E-state index in [0.717, 1.165) is 23.2 Å². The Labute approximate surface area is 116 Å². The maximum atomic E-state index is 14.0. The van der Waals surface area contributed by atoms with E-state index in [-0.39, 0.29) is 5.56 Å². The Bertz CT molecular complexity index is 625. The summed E-state index contributed by atoms with van der Waals surface area (Å²) >= 11 is 1.24. The van der Waals surface area contributed by atoms with Crippen LogP contribution in [0.2, 0.25) is 0 Å². The molecule has 7 heteroatoms. The van der Waals surface area contributed by atoms with E-state index >= 15 is 0 Å². The molecule has 0 spiro atoms. The highest BCUT2D eigenvalue weighted by Gasteiger charge is 2.35. The van der Waals surface area contributed by atoms with E-state index in [0.29, 0.717) is 18.0 Å². The Morgan fingerprint density at radius 3 is 2.75 bits per heavy atom. The average molecular weight is 302 g/mol. The van der Waals surface area contributed by atoms with Crippen LogP contribution in [-0.2, 0) is 19.1 Å². The van der Waals surface area contributed by atoms with Crippen molar-refractivity contribution in [3.05, 3.63) is 40.2 Å². The number of nitrogens with one attached hydrogen (secondary N) is 1. The number of halogens is 4. The van der Waals surface area contributed by atoms with Crippen molar-refractivity contribution in [1.29, 1.82) is 0 Å². The normalized spacial score (nSPS) is 15.2. The molecule has 0 saturated carbocycles. The van der Waals surface area contributed by atoms with Gasteiger partial charge in [-0.1, -0.05) is 6.07 Å². The second kappa shape index (κ2) is 4.82. The predicted octanol–water partition coefficient (Wildman–Crippen LogP) is 3.61. The smallest absolute Gasteiger partial charge is 0.311 e. The van der Waals surface area contributed by atoms with Gasteiger partial charge in [-0.05, 0) is 12.1 Å². The van der Waals surface area contributed by atoms with Crippen LogP contribution < -0.4 is 5.32 Å². The highest BCUT2D eigenvalue weighted by Crippen LogP contribution is 2.37. The van der Waals surface area contributed by atoms with Crippen LogP contribution >= 0.6 is 11.3 Å². The summed E-state index contributed by atoms with van der Waals surface area (Å²) in [4.78, 5) is 5.24. The topological polar surface area (TPSA) is 24.9 Å².